The summed E-state index contributed by atoms with van der Waals surface area (Å²) in [5, 5.41) is 3.30. The van der Waals surface area contributed by atoms with E-state index in [1.807, 2.05) is 43.3 Å². The van der Waals surface area contributed by atoms with E-state index in [1.165, 1.54) is 15.6 Å². The molecule has 0 radical (unpaired) electrons. The SMILES string of the molecule is Cc1ccc(C(=O)Cc2csc3ccccc23)cc1. The van der Waals surface area contributed by atoms with Gasteiger partial charge >= 0.3 is 0 Å². The molecule has 0 unspecified atom stereocenters. The fraction of sp³-hybridized carbons (Fsp3) is 0.118. The molecule has 0 aliphatic rings. The van der Waals surface area contributed by atoms with Crippen LogP contribution in [0, 0.1) is 6.92 Å². The topological polar surface area (TPSA) is 17.1 Å². The lowest BCUT2D eigenvalue weighted by Gasteiger charge is -2.01. The molecule has 0 bridgehead atoms. The number of carbonyl (C=O) groups excluding carboxylic acids is 1. The van der Waals surface area contributed by atoms with Gasteiger partial charge in [0.05, 0.1) is 0 Å². The highest BCUT2D eigenvalue weighted by molar-refractivity contribution is 7.17. The summed E-state index contributed by atoms with van der Waals surface area (Å²) in [5.41, 5.74) is 3.10. The second-order valence-electron chi connectivity index (χ2n) is 4.72. The van der Waals surface area contributed by atoms with Crippen LogP contribution in [0.15, 0.2) is 53.9 Å². The fourth-order valence-corrected chi connectivity index (χ4v) is 3.15. The van der Waals surface area contributed by atoms with E-state index in [-0.39, 0.29) is 5.78 Å². The number of carbonyl (C=O) groups is 1. The molecule has 2 heteroatoms. The summed E-state index contributed by atoms with van der Waals surface area (Å²) >= 11 is 1.70. The van der Waals surface area contributed by atoms with Crippen molar-refractivity contribution in [1.29, 1.82) is 0 Å². The quantitative estimate of drug-likeness (QED) is 0.631. The van der Waals surface area contributed by atoms with Gasteiger partial charge < -0.3 is 0 Å². The van der Waals surface area contributed by atoms with Crippen molar-refractivity contribution in [2.45, 2.75) is 13.3 Å². The standard InChI is InChI=1S/C17H14OS/c1-12-6-8-13(9-7-12)16(18)10-14-11-19-17-5-3-2-4-15(14)17/h2-9,11H,10H2,1H3. The molecular weight excluding hydrogens is 252 g/mol. The summed E-state index contributed by atoms with van der Waals surface area (Å²) in [4.78, 5) is 12.3. The van der Waals surface area contributed by atoms with Gasteiger partial charge in [-0.25, -0.2) is 0 Å². The van der Waals surface area contributed by atoms with Gasteiger partial charge in [-0.15, -0.1) is 11.3 Å². The molecule has 0 atom stereocenters. The molecule has 94 valence electrons. The van der Waals surface area contributed by atoms with Crippen molar-refractivity contribution < 1.29 is 4.79 Å². The van der Waals surface area contributed by atoms with Crippen LogP contribution in [-0.4, -0.2) is 5.78 Å². The van der Waals surface area contributed by atoms with Crippen molar-refractivity contribution in [2.75, 3.05) is 0 Å². The first-order valence-electron chi connectivity index (χ1n) is 6.29. The molecule has 1 nitrogen and oxygen atoms in total. The third kappa shape index (κ3) is 2.45. The molecule has 0 fully saturated rings. The van der Waals surface area contributed by atoms with Crippen molar-refractivity contribution in [3.05, 3.63) is 70.6 Å². The van der Waals surface area contributed by atoms with Gasteiger partial charge in [0.25, 0.3) is 0 Å². The fourth-order valence-electron chi connectivity index (χ4n) is 2.18. The van der Waals surface area contributed by atoms with E-state index in [9.17, 15) is 4.79 Å². The first-order valence-corrected chi connectivity index (χ1v) is 7.17. The van der Waals surface area contributed by atoms with Gasteiger partial charge in [-0.3, -0.25) is 4.79 Å². The van der Waals surface area contributed by atoms with Crippen molar-refractivity contribution >= 4 is 27.2 Å². The predicted octanol–water partition coefficient (Wildman–Crippen LogP) is 4.64. The molecule has 0 N–H and O–H groups in total. The molecule has 3 rings (SSSR count). The largest absolute Gasteiger partial charge is 0.294 e. The number of fused-ring (bicyclic) bond motifs is 1. The molecule has 1 aromatic heterocycles. The van der Waals surface area contributed by atoms with Gasteiger partial charge in [0, 0.05) is 16.7 Å². The zero-order valence-corrected chi connectivity index (χ0v) is 11.5. The minimum Gasteiger partial charge on any atom is -0.294 e. The summed E-state index contributed by atoms with van der Waals surface area (Å²) in [6.45, 7) is 2.03. The summed E-state index contributed by atoms with van der Waals surface area (Å²) in [5.74, 6) is 0.184. The van der Waals surface area contributed by atoms with Crippen molar-refractivity contribution in [2.24, 2.45) is 0 Å². The van der Waals surface area contributed by atoms with E-state index in [0.717, 1.165) is 11.1 Å². The number of hydrogen-bond donors (Lipinski definition) is 0. The second kappa shape index (κ2) is 4.98. The zero-order chi connectivity index (χ0) is 13.2. The monoisotopic (exact) mass is 266 g/mol. The number of aryl methyl sites for hydroxylation is 1. The first-order chi connectivity index (χ1) is 9.24. The Morgan fingerprint density at radius 2 is 1.79 bits per heavy atom. The highest BCUT2D eigenvalue weighted by Gasteiger charge is 2.10. The maximum Gasteiger partial charge on any atom is 0.167 e. The van der Waals surface area contributed by atoms with Crippen molar-refractivity contribution in [3.8, 4) is 0 Å². The van der Waals surface area contributed by atoms with Gasteiger partial charge in [-0.1, -0.05) is 48.0 Å². The third-order valence-electron chi connectivity index (χ3n) is 3.29. The lowest BCUT2D eigenvalue weighted by atomic mass is 10.0. The van der Waals surface area contributed by atoms with Crippen LogP contribution in [0.4, 0.5) is 0 Å². The van der Waals surface area contributed by atoms with E-state index < -0.39 is 0 Å². The molecule has 1 heterocycles. The average molecular weight is 266 g/mol. The van der Waals surface area contributed by atoms with E-state index in [4.69, 9.17) is 0 Å². The zero-order valence-electron chi connectivity index (χ0n) is 10.7. The van der Waals surface area contributed by atoms with Crippen LogP contribution >= 0.6 is 11.3 Å². The first kappa shape index (κ1) is 12.1. The van der Waals surface area contributed by atoms with Gasteiger partial charge in [0.1, 0.15) is 0 Å². The highest BCUT2D eigenvalue weighted by atomic mass is 32.1. The summed E-state index contributed by atoms with van der Waals surface area (Å²) in [7, 11) is 0. The van der Waals surface area contributed by atoms with E-state index in [1.54, 1.807) is 11.3 Å². The number of ketones is 1. The molecule has 0 amide bonds. The van der Waals surface area contributed by atoms with E-state index in [2.05, 4.69) is 17.5 Å². The molecule has 19 heavy (non-hydrogen) atoms. The van der Waals surface area contributed by atoms with Crippen molar-refractivity contribution in [3.63, 3.8) is 0 Å². The summed E-state index contributed by atoms with van der Waals surface area (Å²) in [6, 6.07) is 16.0. The maximum absolute atomic E-state index is 12.3. The smallest absolute Gasteiger partial charge is 0.167 e. The second-order valence-corrected chi connectivity index (χ2v) is 5.63. The Labute approximate surface area is 116 Å². The Hall–Kier alpha value is -1.93. The van der Waals surface area contributed by atoms with Crippen LogP contribution in [0.3, 0.4) is 0 Å². The summed E-state index contributed by atoms with van der Waals surface area (Å²) < 4.78 is 1.24. The van der Waals surface area contributed by atoms with E-state index in [0.29, 0.717) is 6.42 Å². The average Bonchev–Trinajstić information content (AvgIpc) is 2.83. The van der Waals surface area contributed by atoms with Crippen LogP contribution in [0.1, 0.15) is 21.5 Å². The molecular formula is C17H14OS. The lowest BCUT2D eigenvalue weighted by Crippen LogP contribution is -2.02. The predicted molar refractivity (Wildman–Crippen MR) is 81.0 cm³/mol. The lowest BCUT2D eigenvalue weighted by molar-refractivity contribution is 0.0993. The van der Waals surface area contributed by atoms with Gasteiger partial charge in [-0.2, -0.15) is 0 Å². The Kier molecular flexibility index (Phi) is 3.18. The van der Waals surface area contributed by atoms with Gasteiger partial charge in [0.15, 0.2) is 5.78 Å². The summed E-state index contributed by atoms with van der Waals surface area (Å²) in [6.07, 6.45) is 0.479. The molecule has 0 saturated carbocycles. The third-order valence-corrected chi connectivity index (χ3v) is 4.30. The molecule has 2 aromatic carbocycles. The number of thiophene rings is 1. The normalized spacial score (nSPS) is 10.8. The van der Waals surface area contributed by atoms with Crippen LogP contribution in [0.2, 0.25) is 0 Å². The van der Waals surface area contributed by atoms with Crippen LogP contribution in [0.25, 0.3) is 10.1 Å². The number of hydrogen-bond acceptors (Lipinski definition) is 2. The molecule has 3 aromatic rings. The Bertz CT molecular complexity index is 722. The van der Waals surface area contributed by atoms with Crippen LogP contribution < -0.4 is 0 Å². The number of Topliss-reactive ketones (excluding diaryl/α,β-unsaturated/α-hetero) is 1. The molecule has 0 aliphatic heterocycles. The number of benzene rings is 2. The Balaban J connectivity index is 1.89. The van der Waals surface area contributed by atoms with Crippen molar-refractivity contribution in [1.82, 2.24) is 0 Å². The Morgan fingerprint density at radius 1 is 1.05 bits per heavy atom. The van der Waals surface area contributed by atoms with Gasteiger partial charge in [0.2, 0.25) is 0 Å². The van der Waals surface area contributed by atoms with Crippen LogP contribution in [-0.2, 0) is 6.42 Å². The maximum atomic E-state index is 12.3. The molecule has 0 aliphatic carbocycles. The minimum atomic E-state index is 0.184. The van der Waals surface area contributed by atoms with Gasteiger partial charge in [-0.05, 0) is 29.3 Å². The molecule has 0 spiro atoms. The minimum absolute atomic E-state index is 0.184. The Morgan fingerprint density at radius 3 is 2.58 bits per heavy atom. The molecule has 0 saturated heterocycles. The van der Waals surface area contributed by atoms with Crippen LogP contribution in [0.5, 0.6) is 0 Å². The number of rotatable bonds is 3. The van der Waals surface area contributed by atoms with E-state index >= 15 is 0 Å². The highest BCUT2D eigenvalue weighted by Crippen LogP contribution is 2.26.